The summed E-state index contributed by atoms with van der Waals surface area (Å²) in [4.78, 5) is 4.25. The van der Waals surface area contributed by atoms with Gasteiger partial charge in [0.05, 0.1) is 0 Å². The average Bonchev–Trinajstić information content (AvgIpc) is 3.22. The molecule has 0 aliphatic heterocycles. The van der Waals surface area contributed by atoms with Crippen molar-refractivity contribution in [2.75, 3.05) is 13.6 Å². The SMILES string of the molecule is CN=C(NCCCC1CC1)NCc1cccc(C)c1.I. The van der Waals surface area contributed by atoms with E-state index in [0.29, 0.717) is 0 Å². The molecule has 0 saturated heterocycles. The van der Waals surface area contributed by atoms with Crippen LogP contribution in [0.1, 0.15) is 36.8 Å². The van der Waals surface area contributed by atoms with E-state index >= 15 is 0 Å². The van der Waals surface area contributed by atoms with Crippen molar-refractivity contribution in [3.05, 3.63) is 35.4 Å². The zero-order chi connectivity index (χ0) is 13.5. The van der Waals surface area contributed by atoms with E-state index in [1.54, 1.807) is 0 Å². The lowest BCUT2D eigenvalue weighted by atomic mass is 10.1. The van der Waals surface area contributed by atoms with Crippen LogP contribution in [-0.4, -0.2) is 19.6 Å². The Morgan fingerprint density at radius 1 is 1.30 bits per heavy atom. The van der Waals surface area contributed by atoms with Gasteiger partial charge in [-0.2, -0.15) is 0 Å². The van der Waals surface area contributed by atoms with Gasteiger partial charge in [-0.15, -0.1) is 24.0 Å². The van der Waals surface area contributed by atoms with Crippen LogP contribution in [0.3, 0.4) is 0 Å². The maximum absolute atomic E-state index is 4.25. The highest BCUT2D eigenvalue weighted by molar-refractivity contribution is 14.0. The van der Waals surface area contributed by atoms with E-state index in [1.807, 2.05) is 7.05 Å². The lowest BCUT2D eigenvalue weighted by Crippen LogP contribution is -2.37. The van der Waals surface area contributed by atoms with Gasteiger partial charge in [-0.05, 0) is 31.2 Å². The van der Waals surface area contributed by atoms with E-state index in [4.69, 9.17) is 0 Å². The lowest BCUT2D eigenvalue weighted by molar-refractivity contribution is 0.644. The Morgan fingerprint density at radius 2 is 2.10 bits per heavy atom. The normalized spacial score (nSPS) is 14.6. The van der Waals surface area contributed by atoms with Crippen LogP contribution in [0.25, 0.3) is 0 Å². The van der Waals surface area contributed by atoms with Crippen molar-refractivity contribution in [2.24, 2.45) is 10.9 Å². The molecule has 0 aromatic heterocycles. The Morgan fingerprint density at radius 3 is 2.75 bits per heavy atom. The predicted octanol–water partition coefficient (Wildman–Crippen LogP) is 3.47. The van der Waals surface area contributed by atoms with Gasteiger partial charge in [-0.1, -0.05) is 42.7 Å². The van der Waals surface area contributed by atoms with Gasteiger partial charge in [0.1, 0.15) is 0 Å². The third kappa shape index (κ3) is 6.59. The minimum absolute atomic E-state index is 0. The quantitative estimate of drug-likeness (QED) is 0.340. The number of benzene rings is 1. The first kappa shape index (κ1) is 17.3. The lowest BCUT2D eigenvalue weighted by Gasteiger charge is -2.12. The summed E-state index contributed by atoms with van der Waals surface area (Å²) in [5, 5.41) is 6.73. The number of aryl methyl sites for hydroxylation is 1. The van der Waals surface area contributed by atoms with Crippen molar-refractivity contribution in [1.82, 2.24) is 10.6 Å². The molecule has 0 bridgehead atoms. The molecule has 1 fully saturated rings. The zero-order valence-corrected chi connectivity index (χ0v) is 14.8. The van der Waals surface area contributed by atoms with Crippen LogP contribution < -0.4 is 10.6 Å². The molecule has 1 aliphatic rings. The Bertz CT molecular complexity index is 427. The minimum Gasteiger partial charge on any atom is -0.356 e. The molecule has 4 heteroatoms. The van der Waals surface area contributed by atoms with Crippen LogP contribution in [0.15, 0.2) is 29.3 Å². The van der Waals surface area contributed by atoms with E-state index < -0.39 is 0 Å². The van der Waals surface area contributed by atoms with Crippen LogP contribution in [0, 0.1) is 12.8 Å². The van der Waals surface area contributed by atoms with Gasteiger partial charge < -0.3 is 10.6 Å². The second-order valence-electron chi connectivity index (χ2n) is 5.43. The minimum atomic E-state index is 0. The highest BCUT2D eigenvalue weighted by Crippen LogP contribution is 2.33. The number of nitrogens with zero attached hydrogens (tertiary/aromatic N) is 1. The zero-order valence-electron chi connectivity index (χ0n) is 12.5. The van der Waals surface area contributed by atoms with Crippen LogP contribution in [0.4, 0.5) is 0 Å². The maximum atomic E-state index is 4.25. The number of rotatable bonds is 6. The van der Waals surface area contributed by atoms with Gasteiger partial charge in [0, 0.05) is 20.1 Å². The van der Waals surface area contributed by atoms with Crippen molar-refractivity contribution in [1.29, 1.82) is 0 Å². The standard InChI is InChI=1S/C16H25N3.HI/c1-13-5-3-6-15(11-13)12-19-16(17-2)18-10-4-7-14-8-9-14;/h3,5-6,11,14H,4,7-10,12H2,1-2H3,(H2,17,18,19);1H. The predicted molar refractivity (Wildman–Crippen MR) is 96.8 cm³/mol. The molecular weight excluding hydrogens is 361 g/mol. The van der Waals surface area contributed by atoms with Gasteiger partial charge in [-0.25, -0.2) is 0 Å². The molecule has 20 heavy (non-hydrogen) atoms. The molecule has 0 unspecified atom stereocenters. The Balaban J connectivity index is 0.00000200. The van der Waals surface area contributed by atoms with E-state index in [1.165, 1.54) is 36.8 Å². The van der Waals surface area contributed by atoms with Crippen molar-refractivity contribution < 1.29 is 0 Å². The Labute approximate surface area is 139 Å². The molecule has 1 aliphatic carbocycles. The van der Waals surface area contributed by atoms with Crippen molar-refractivity contribution >= 4 is 29.9 Å². The Kier molecular flexibility index (Phi) is 7.95. The highest BCUT2D eigenvalue weighted by Gasteiger charge is 2.19. The summed E-state index contributed by atoms with van der Waals surface area (Å²) in [5.41, 5.74) is 2.59. The summed E-state index contributed by atoms with van der Waals surface area (Å²) in [5.74, 6) is 1.92. The van der Waals surface area contributed by atoms with Gasteiger partial charge in [0.25, 0.3) is 0 Å². The van der Waals surface area contributed by atoms with Gasteiger partial charge in [0.2, 0.25) is 0 Å². The van der Waals surface area contributed by atoms with Gasteiger partial charge >= 0.3 is 0 Å². The summed E-state index contributed by atoms with van der Waals surface area (Å²) < 4.78 is 0. The van der Waals surface area contributed by atoms with Gasteiger partial charge in [-0.3, -0.25) is 4.99 Å². The van der Waals surface area contributed by atoms with Crippen LogP contribution in [0.5, 0.6) is 0 Å². The molecule has 2 N–H and O–H groups in total. The fourth-order valence-corrected chi connectivity index (χ4v) is 2.23. The topological polar surface area (TPSA) is 36.4 Å². The second kappa shape index (κ2) is 9.21. The summed E-state index contributed by atoms with van der Waals surface area (Å²) >= 11 is 0. The number of guanidine groups is 1. The van der Waals surface area contributed by atoms with Crippen molar-refractivity contribution in [3.8, 4) is 0 Å². The van der Waals surface area contributed by atoms with Crippen molar-refractivity contribution in [3.63, 3.8) is 0 Å². The molecule has 112 valence electrons. The van der Waals surface area contributed by atoms with Crippen molar-refractivity contribution in [2.45, 2.75) is 39.2 Å². The second-order valence-corrected chi connectivity index (χ2v) is 5.43. The molecule has 0 spiro atoms. The van der Waals surface area contributed by atoms with Crippen LogP contribution in [0.2, 0.25) is 0 Å². The molecule has 2 rings (SSSR count). The summed E-state index contributed by atoms with van der Waals surface area (Å²) in [7, 11) is 1.83. The summed E-state index contributed by atoms with van der Waals surface area (Å²) in [6.07, 6.45) is 5.50. The monoisotopic (exact) mass is 387 g/mol. The number of nitrogens with one attached hydrogen (secondary N) is 2. The number of hydrogen-bond acceptors (Lipinski definition) is 1. The molecule has 0 amide bonds. The van der Waals surface area contributed by atoms with E-state index in [9.17, 15) is 0 Å². The molecule has 0 radical (unpaired) electrons. The van der Waals surface area contributed by atoms with E-state index in [-0.39, 0.29) is 24.0 Å². The number of halogens is 1. The molecule has 0 atom stereocenters. The van der Waals surface area contributed by atoms with E-state index in [2.05, 4.69) is 46.8 Å². The molecule has 3 nitrogen and oxygen atoms in total. The van der Waals surface area contributed by atoms with E-state index in [0.717, 1.165) is 25.0 Å². The molecule has 1 aromatic rings. The maximum Gasteiger partial charge on any atom is 0.191 e. The first-order valence-corrected chi connectivity index (χ1v) is 7.28. The molecule has 1 aromatic carbocycles. The van der Waals surface area contributed by atoms with Crippen LogP contribution >= 0.6 is 24.0 Å². The Hall–Kier alpha value is -0.780. The summed E-state index contributed by atoms with van der Waals surface area (Å²) in [6, 6.07) is 8.56. The number of hydrogen-bond donors (Lipinski definition) is 2. The number of aliphatic imine (C=N–C) groups is 1. The molecular formula is C16H26IN3. The third-order valence-electron chi connectivity index (χ3n) is 3.54. The first-order chi connectivity index (χ1) is 9.28. The fourth-order valence-electron chi connectivity index (χ4n) is 2.23. The molecule has 1 saturated carbocycles. The highest BCUT2D eigenvalue weighted by atomic mass is 127. The molecule has 0 heterocycles. The largest absolute Gasteiger partial charge is 0.356 e. The van der Waals surface area contributed by atoms with Gasteiger partial charge in [0.15, 0.2) is 5.96 Å². The smallest absolute Gasteiger partial charge is 0.191 e. The average molecular weight is 387 g/mol. The fraction of sp³-hybridized carbons (Fsp3) is 0.562. The summed E-state index contributed by atoms with van der Waals surface area (Å²) in [6.45, 7) is 3.96. The first-order valence-electron chi connectivity index (χ1n) is 7.28. The third-order valence-corrected chi connectivity index (χ3v) is 3.54. The van der Waals surface area contributed by atoms with Crippen LogP contribution in [-0.2, 0) is 6.54 Å².